The normalized spacial score (nSPS) is 12.4. The summed E-state index contributed by atoms with van der Waals surface area (Å²) in [4.78, 5) is 14.2. The van der Waals surface area contributed by atoms with E-state index in [1.165, 1.54) is 12.1 Å². The van der Waals surface area contributed by atoms with Gasteiger partial charge < -0.3 is 15.8 Å². The van der Waals surface area contributed by atoms with Crippen molar-refractivity contribution in [2.75, 3.05) is 17.6 Å². The first-order chi connectivity index (χ1) is 8.40. The van der Waals surface area contributed by atoms with Crippen LogP contribution in [0.15, 0.2) is 12.1 Å². The van der Waals surface area contributed by atoms with Gasteiger partial charge in [0.05, 0.1) is 17.1 Å². The fourth-order valence-electron chi connectivity index (χ4n) is 1.50. The number of pyridine rings is 1. The highest BCUT2D eigenvalue weighted by Gasteiger charge is 2.16. The summed E-state index contributed by atoms with van der Waals surface area (Å²) in [6, 6.07) is 2.73. The van der Waals surface area contributed by atoms with E-state index in [4.69, 9.17) is 10.5 Å². The Balaban J connectivity index is 2.71. The van der Waals surface area contributed by atoms with E-state index in [2.05, 4.69) is 10.3 Å². The summed E-state index contributed by atoms with van der Waals surface area (Å²) in [6.45, 7) is 6.16. The van der Waals surface area contributed by atoms with Gasteiger partial charge in [-0.3, -0.25) is 10.1 Å². The first kappa shape index (κ1) is 14.2. The Labute approximate surface area is 105 Å². The van der Waals surface area contributed by atoms with Gasteiger partial charge in [0.2, 0.25) is 5.82 Å². The molecule has 1 rings (SSSR count). The number of aromatic nitrogens is 1. The van der Waals surface area contributed by atoms with Gasteiger partial charge in [0.15, 0.2) is 0 Å². The fourth-order valence-corrected chi connectivity index (χ4v) is 1.50. The smallest absolute Gasteiger partial charge is 0.311 e. The molecule has 0 aliphatic rings. The van der Waals surface area contributed by atoms with Crippen LogP contribution in [0.25, 0.3) is 0 Å². The molecule has 1 unspecified atom stereocenters. The molecule has 0 saturated carbocycles. The topological polar surface area (TPSA) is 103 Å². The van der Waals surface area contributed by atoms with Crippen LogP contribution in [-0.4, -0.2) is 28.7 Å². The van der Waals surface area contributed by atoms with Gasteiger partial charge in [-0.15, -0.1) is 0 Å². The second kappa shape index (κ2) is 6.15. The van der Waals surface area contributed by atoms with Crippen molar-refractivity contribution in [3.8, 4) is 0 Å². The third-order valence-electron chi connectivity index (χ3n) is 2.15. The van der Waals surface area contributed by atoms with Crippen LogP contribution in [0.3, 0.4) is 0 Å². The number of nitrogens with one attached hydrogen (secondary N) is 1. The monoisotopic (exact) mass is 254 g/mol. The molecule has 0 aromatic carbocycles. The van der Waals surface area contributed by atoms with Gasteiger partial charge in [0.25, 0.3) is 0 Å². The zero-order valence-electron chi connectivity index (χ0n) is 10.7. The Kier molecular flexibility index (Phi) is 4.85. The second-order valence-corrected chi connectivity index (χ2v) is 4.24. The number of anilines is 2. The van der Waals surface area contributed by atoms with Crippen LogP contribution in [0.5, 0.6) is 0 Å². The van der Waals surface area contributed by atoms with Gasteiger partial charge in [-0.25, -0.2) is 4.98 Å². The van der Waals surface area contributed by atoms with E-state index in [0.29, 0.717) is 6.54 Å². The number of rotatable bonds is 6. The molecule has 100 valence electrons. The fraction of sp³-hybridized carbons (Fsp3) is 0.545. The molecule has 0 aliphatic carbocycles. The van der Waals surface area contributed by atoms with Gasteiger partial charge in [0, 0.05) is 12.6 Å². The van der Waals surface area contributed by atoms with Crippen LogP contribution >= 0.6 is 0 Å². The largest absolute Gasteiger partial charge is 0.384 e. The third-order valence-corrected chi connectivity index (χ3v) is 2.15. The van der Waals surface area contributed by atoms with E-state index in [0.717, 1.165) is 0 Å². The molecule has 0 spiro atoms. The summed E-state index contributed by atoms with van der Waals surface area (Å²) in [5.41, 5.74) is 5.41. The molecule has 0 amide bonds. The van der Waals surface area contributed by atoms with Crippen molar-refractivity contribution >= 4 is 17.3 Å². The van der Waals surface area contributed by atoms with Crippen LogP contribution < -0.4 is 11.1 Å². The highest BCUT2D eigenvalue weighted by Crippen LogP contribution is 2.22. The molecule has 1 atom stereocenters. The van der Waals surface area contributed by atoms with Crippen molar-refractivity contribution in [3.63, 3.8) is 0 Å². The van der Waals surface area contributed by atoms with Crippen molar-refractivity contribution in [1.82, 2.24) is 4.98 Å². The Morgan fingerprint density at radius 3 is 2.72 bits per heavy atom. The summed E-state index contributed by atoms with van der Waals surface area (Å²) in [6.07, 6.45) is 0.0263. The van der Waals surface area contributed by atoms with Gasteiger partial charge in [-0.1, -0.05) is 0 Å². The number of nitrogen functional groups attached to an aromatic ring is 1. The molecular formula is C11H18N4O3. The minimum atomic E-state index is -0.497. The maximum Gasteiger partial charge on any atom is 0.311 e. The quantitative estimate of drug-likeness (QED) is 0.592. The Hall–Kier alpha value is -1.89. The van der Waals surface area contributed by atoms with E-state index in [1.54, 1.807) is 0 Å². The van der Waals surface area contributed by atoms with Crippen LogP contribution in [0.4, 0.5) is 17.3 Å². The molecular weight excluding hydrogens is 236 g/mol. The van der Waals surface area contributed by atoms with Gasteiger partial charge in [0.1, 0.15) is 5.82 Å². The summed E-state index contributed by atoms with van der Waals surface area (Å²) in [5, 5.41) is 13.7. The summed E-state index contributed by atoms with van der Waals surface area (Å²) >= 11 is 0. The minimum Gasteiger partial charge on any atom is -0.384 e. The lowest BCUT2D eigenvalue weighted by Crippen LogP contribution is -2.23. The molecule has 1 heterocycles. The van der Waals surface area contributed by atoms with Crippen molar-refractivity contribution in [1.29, 1.82) is 0 Å². The average molecular weight is 254 g/mol. The van der Waals surface area contributed by atoms with Gasteiger partial charge in [-0.2, -0.15) is 0 Å². The van der Waals surface area contributed by atoms with Crippen molar-refractivity contribution in [2.24, 2.45) is 0 Å². The van der Waals surface area contributed by atoms with E-state index in [9.17, 15) is 10.1 Å². The van der Waals surface area contributed by atoms with E-state index < -0.39 is 4.92 Å². The molecule has 0 saturated heterocycles. The van der Waals surface area contributed by atoms with E-state index in [-0.39, 0.29) is 29.5 Å². The van der Waals surface area contributed by atoms with Gasteiger partial charge >= 0.3 is 5.69 Å². The number of ether oxygens (including phenoxy) is 1. The summed E-state index contributed by atoms with van der Waals surface area (Å²) in [7, 11) is 0. The maximum absolute atomic E-state index is 10.8. The summed E-state index contributed by atoms with van der Waals surface area (Å²) < 4.78 is 5.51. The summed E-state index contributed by atoms with van der Waals surface area (Å²) in [5.74, 6) is 0.403. The second-order valence-electron chi connectivity index (χ2n) is 4.24. The molecule has 3 N–H and O–H groups in total. The molecule has 0 fully saturated rings. The van der Waals surface area contributed by atoms with Crippen molar-refractivity contribution in [3.05, 3.63) is 22.2 Å². The number of nitrogens with two attached hydrogens (primary N) is 1. The molecule has 0 aliphatic heterocycles. The maximum atomic E-state index is 10.8. The van der Waals surface area contributed by atoms with Crippen LogP contribution in [0, 0.1) is 10.1 Å². The number of hydrogen-bond donors (Lipinski definition) is 2. The first-order valence-electron chi connectivity index (χ1n) is 5.70. The van der Waals surface area contributed by atoms with E-state index >= 15 is 0 Å². The SMILES string of the molecule is CC(C)OC(C)CNc1nc(N)ccc1[N+](=O)[O-]. The Morgan fingerprint density at radius 2 is 2.17 bits per heavy atom. The van der Waals surface area contributed by atoms with Gasteiger partial charge in [-0.05, 0) is 26.8 Å². The molecule has 0 radical (unpaired) electrons. The molecule has 7 heteroatoms. The molecule has 0 bridgehead atoms. The van der Waals surface area contributed by atoms with Crippen molar-refractivity contribution in [2.45, 2.75) is 33.0 Å². The Morgan fingerprint density at radius 1 is 1.50 bits per heavy atom. The van der Waals surface area contributed by atoms with E-state index in [1.807, 2.05) is 20.8 Å². The molecule has 18 heavy (non-hydrogen) atoms. The van der Waals surface area contributed by atoms with Crippen LogP contribution in [0.2, 0.25) is 0 Å². The lowest BCUT2D eigenvalue weighted by atomic mass is 10.3. The van der Waals surface area contributed by atoms with Crippen molar-refractivity contribution < 1.29 is 9.66 Å². The lowest BCUT2D eigenvalue weighted by molar-refractivity contribution is -0.384. The lowest BCUT2D eigenvalue weighted by Gasteiger charge is -2.16. The predicted octanol–water partition coefficient (Wildman–Crippen LogP) is 1.80. The number of hydrogen-bond acceptors (Lipinski definition) is 6. The standard InChI is InChI=1S/C11H18N4O3/c1-7(2)18-8(3)6-13-11-9(15(16)17)4-5-10(12)14-11/h4-5,7-8H,6H2,1-3H3,(H3,12,13,14). The third kappa shape index (κ3) is 4.17. The molecule has 1 aromatic heterocycles. The Bertz CT molecular complexity index is 423. The minimum absolute atomic E-state index is 0.0761. The van der Waals surface area contributed by atoms with Crippen LogP contribution in [0.1, 0.15) is 20.8 Å². The molecule has 1 aromatic rings. The number of nitro groups is 1. The number of nitrogens with zero attached hydrogens (tertiary/aromatic N) is 2. The average Bonchev–Trinajstić information content (AvgIpc) is 2.25. The first-order valence-corrected chi connectivity index (χ1v) is 5.70. The zero-order valence-corrected chi connectivity index (χ0v) is 10.7. The highest BCUT2D eigenvalue weighted by molar-refractivity contribution is 5.59. The molecule has 7 nitrogen and oxygen atoms in total. The highest BCUT2D eigenvalue weighted by atomic mass is 16.6. The predicted molar refractivity (Wildman–Crippen MR) is 69.5 cm³/mol. The van der Waals surface area contributed by atoms with Crippen LogP contribution in [-0.2, 0) is 4.74 Å². The zero-order chi connectivity index (χ0) is 13.7.